The summed E-state index contributed by atoms with van der Waals surface area (Å²) in [6.45, 7) is 4.75. The summed E-state index contributed by atoms with van der Waals surface area (Å²) in [5, 5.41) is 0. The Labute approximate surface area is 115 Å². The van der Waals surface area contributed by atoms with Gasteiger partial charge in [0.15, 0.2) is 0 Å². The van der Waals surface area contributed by atoms with E-state index in [1.165, 1.54) is 11.1 Å². The first-order chi connectivity index (χ1) is 9.34. The fourth-order valence-electron chi connectivity index (χ4n) is 3.54. The minimum Gasteiger partial charge on any atom is -0.381 e. The molecule has 2 N–H and O–H groups in total. The summed E-state index contributed by atoms with van der Waals surface area (Å²) in [6, 6.07) is 8.86. The second kappa shape index (κ2) is 5.61. The molecular formula is C16H24N2O. The molecule has 0 amide bonds. The Morgan fingerprint density at radius 2 is 1.63 bits per heavy atom. The second-order valence-corrected chi connectivity index (χ2v) is 5.80. The molecule has 104 valence electrons. The van der Waals surface area contributed by atoms with Crippen LogP contribution in [-0.2, 0) is 17.6 Å². The van der Waals surface area contributed by atoms with Crippen LogP contribution in [0.15, 0.2) is 24.3 Å². The van der Waals surface area contributed by atoms with E-state index in [2.05, 4.69) is 29.2 Å². The van der Waals surface area contributed by atoms with Crippen molar-refractivity contribution >= 4 is 0 Å². The number of hydrogen-bond donors (Lipinski definition) is 1. The molecule has 0 unspecified atom stereocenters. The van der Waals surface area contributed by atoms with Gasteiger partial charge in [0.1, 0.15) is 0 Å². The van der Waals surface area contributed by atoms with Crippen molar-refractivity contribution in [1.82, 2.24) is 4.90 Å². The van der Waals surface area contributed by atoms with Crippen LogP contribution in [-0.4, -0.2) is 43.3 Å². The van der Waals surface area contributed by atoms with Gasteiger partial charge < -0.3 is 10.5 Å². The number of rotatable bonds is 2. The van der Waals surface area contributed by atoms with Crippen molar-refractivity contribution in [2.75, 3.05) is 32.8 Å². The van der Waals surface area contributed by atoms with Crippen LogP contribution in [0.3, 0.4) is 0 Å². The van der Waals surface area contributed by atoms with Gasteiger partial charge in [-0.05, 0) is 36.8 Å². The maximum absolute atomic E-state index is 6.13. The number of ether oxygens (including phenoxy) is 1. The van der Waals surface area contributed by atoms with E-state index in [1.54, 1.807) is 0 Å². The van der Waals surface area contributed by atoms with Crippen LogP contribution >= 0.6 is 0 Å². The van der Waals surface area contributed by atoms with E-state index in [9.17, 15) is 0 Å². The molecule has 1 saturated heterocycles. The van der Waals surface area contributed by atoms with Crippen molar-refractivity contribution in [2.24, 2.45) is 5.73 Å². The van der Waals surface area contributed by atoms with Crippen LogP contribution in [0.25, 0.3) is 0 Å². The van der Waals surface area contributed by atoms with E-state index in [0.717, 1.165) is 58.5 Å². The molecule has 3 heteroatoms. The molecule has 0 aromatic heterocycles. The van der Waals surface area contributed by atoms with Gasteiger partial charge in [-0.2, -0.15) is 0 Å². The maximum Gasteiger partial charge on any atom is 0.0484 e. The Bertz CT molecular complexity index is 400. The Kier molecular flexibility index (Phi) is 3.87. The quantitative estimate of drug-likeness (QED) is 0.877. The minimum atomic E-state index is 0.181. The first-order valence-corrected chi connectivity index (χ1v) is 7.44. The van der Waals surface area contributed by atoms with Gasteiger partial charge >= 0.3 is 0 Å². The molecule has 1 aromatic carbocycles. The lowest BCUT2D eigenvalue weighted by Gasteiger charge is -2.45. The molecule has 3 nitrogen and oxygen atoms in total. The smallest absolute Gasteiger partial charge is 0.0484 e. The number of hydrogen-bond acceptors (Lipinski definition) is 3. The lowest BCUT2D eigenvalue weighted by Crippen LogP contribution is -2.57. The topological polar surface area (TPSA) is 38.5 Å². The molecular weight excluding hydrogens is 236 g/mol. The van der Waals surface area contributed by atoms with Crippen molar-refractivity contribution < 1.29 is 4.74 Å². The standard InChI is InChI=1S/C16H24N2O/c17-13-16(7-11-19-12-8-16)18-9-5-14-3-1-2-4-15(14)6-10-18/h1-4H,5-13,17H2. The Morgan fingerprint density at radius 3 is 2.16 bits per heavy atom. The first kappa shape index (κ1) is 13.1. The summed E-state index contributed by atoms with van der Waals surface area (Å²) >= 11 is 0. The van der Waals surface area contributed by atoms with Crippen molar-refractivity contribution in [3.63, 3.8) is 0 Å². The van der Waals surface area contributed by atoms with Crippen LogP contribution in [0.4, 0.5) is 0 Å². The average Bonchev–Trinajstić information content (AvgIpc) is 2.71. The molecule has 2 heterocycles. The maximum atomic E-state index is 6.13. The van der Waals surface area contributed by atoms with Crippen LogP contribution in [0.5, 0.6) is 0 Å². The Hall–Kier alpha value is -0.900. The predicted octanol–water partition coefficient (Wildman–Crippen LogP) is 1.60. The molecule has 1 aromatic rings. The van der Waals surface area contributed by atoms with E-state index in [0.29, 0.717) is 0 Å². The highest BCUT2D eigenvalue weighted by Gasteiger charge is 2.37. The molecule has 0 atom stereocenters. The summed E-state index contributed by atoms with van der Waals surface area (Å²) in [5.41, 5.74) is 9.34. The highest BCUT2D eigenvalue weighted by Crippen LogP contribution is 2.29. The van der Waals surface area contributed by atoms with Gasteiger partial charge in [-0.15, -0.1) is 0 Å². The number of fused-ring (bicyclic) bond motifs is 1. The van der Waals surface area contributed by atoms with Crippen LogP contribution in [0.1, 0.15) is 24.0 Å². The lowest BCUT2D eigenvalue weighted by molar-refractivity contribution is -0.0225. The van der Waals surface area contributed by atoms with Gasteiger partial charge in [-0.3, -0.25) is 4.90 Å². The largest absolute Gasteiger partial charge is 0.381 e. The number of nitrogens with zero attached hydrogens (tertiary/aromatic N) is 1. The van der Waals surface area contributed by atoms with Crippen LogP contribution in [0, 0.1) is 0 Å². The zero-order chi connectivity index (χ0) is 13.1. The zero-order valence-corrected chi connectivity index (χ0v) is 11.6. The SMILES string of the molecule is NCC1(N2CCc3ccccc3CC2)CCOCC1. The molecule has 0 saturated carbocycles. The summed E-state index contributed by atoms with van der Waals surface area (Å²) in [7, 11) is 0. The lowest BCUT2D eigenvalue weighted by atomic mass is 9.87. The summed E-state index contributed by atoms with van der Waals surface area (Å²) in [4.78, 5) is 2.63. The minimum absolute atomic E-state index is 0.181. The number of benzene rings is 1. The average molecular weight is 260 g/mol. The summed E-state index contributed by atoms with van der Waals surface area (Å²) < 4.78 is 5.53. The molecule has 0 bridgehead atoms. The van der Waals surface area contributed by atoms with Gasteiger partial charge in [0, 0.05) is 38.4 Å². The van der Waals surface area contributed by atoms with Crippen molar-refractivity contribution in [2.45, 2.75) is 31.2 Å². The third-order valence-electron chi connectivity index (χ3n) is 4.89. The van der Waals surface area contributed by atoms with E-state index in [-0.39, 0.29) is 5.54 Å². The molecule has 19 heavy (non-hydrogen) atoms. The summed E-state index contributed by atoms with van der Waals surface area (Å²) in [6.07, 6.45) is 4.47. The molecule has 0 spiro atoms. The summed E-state index contributed by atoms with van der Waals surface area (Å²) in [5.74, 6) is 0. The molecule has 0 aliphatic carbocycles. The fourth-order valence-corrected chi connectivity index (χ4v) is 3.54. The monoisotopic (exact) mass is 260 g/mol. The van der Waals surface area contributed by atoms with Gasteiger partial charge in [-0.25, -0.2) is 0 Å². The van der Waals surface area contributed by atoms with Gasteiger partial charge in [0.2, 0.25) is 0 Å². The predicted molar refractivity (Wildman–Crippen MR) is 77.3 cm³/mol. The highest BCUT2D eigenvalue weighted by molar-refractivity contribution is 5.28. The fraction of sp³-hybridized carbons (Fsp3) is 0.625. The van der Waals surface area contributed by atoms with Gasteiger partial charge in [0.25, 0.3) is 0 Å². The van der Waals surface area contributed by atoms with Crippen molar-refractivity contribution in [1.29, 1.82) is 0 Å². The van der Waals surface area contributed by atoms with E-state index >= 15 is 0 Å². The van der Waals surface area contributed by atoms with E-state index < -0.39 is 0 Å². The Morgan fingerprint density at radius 1 is 1.05 bits per heavy atom. The third kappa shape index (κ3) is 2.55. The number of nitrogens with two attached hydrogens (primary N) is 1. The van der Waals surface area contributed by atoms with Crippen molar-refractivity contribution in [3.8, 4) is 0 Å². The third-order valence-corrected chi connectivity index (χ3v) is 4.89. The van der Waals surface area contributed by atoms with Gasteiger partial charge in [0.05, 0.1) is 0 Å². The molecule has 3 rings (SSSR count). The van der Waals surface area contributed by atoms with Crippen LogP contribution in [0.2, 0.25) is 0 Å². The molecule has 2 aliphatic rings. The van der Waals surface area contributed by atoms with E-state index in [4.69, 9.17) is 10.5 Å². The molecule has 2 aliphatic heterocycles. The molecule has 0 radical (unpaired) electrons. The molecule has 1 fully saturated rings. The van der Waals surface area contributed by atoms with E-state index in [1.807, 2.05) is 0 Å². The normalized spacial score (nSPS) is 23.6. The zero-order valence-electron chi connectivity index (χ0n) is 11.6. The highest BCUT2D eigenvalue weighted by atomic mass is 16.5. The van der Waals surface area contributed by atoms with Crippen molar-refractivity contribution in [3.05, 3.63) is 35.4 Å². The first-order valence-electron chi connectivity index (χ1n) is 7.44. The second-order valence-electron chi connectivity index (χ2n) is 5.80. The Balaban J connectivity index is 1.77. The van der Waals surface area contributed by atoms with Gasteiger partial charge in [-0.1, -0.05) is 24.3 Å². The van der Waals surface area contributed by atoms with Crippen LogP contribution < -0.4 is 5.73 Å².